The number of hydrogen-bond donors (Lipinski definition) is 1. The lowest BCUT2D eigenvalue weighted by atomic mass is 9.98. The van der Waals surface area contributed by atoms with Gasteiger partial charge in [-0.3, -0.25) is 4.79 Å². The van der Waals surface area contributed by atoms with Crippen LogP contribution >= 0.6 is 0 Å². The van der Waals surface area contributed by atoms with Gasteiger partial charge in [0.05, 0.1) is 17.4 Å². The summed E-state index contributed by atoms with van der Waals surface area (Å²) in [5.41, 5.74) is 3.32. The highest BCUT2D eigenvalue weighted by Gasteiger charge is 2.26. The molecule has 5 heteroatoms. The average molecular weight is 413 g/mol. The highest BCUT2D eigenvalue weighted by Crippen LogP contribution is 2.26. The van der Waals surface area contributed by atoms with Crippen LogP contribution in [0.2, 0.25) is 0 Å². The van der Waals surface area contributed by atoms with Gasteiger partial charge in [0.25, 0.3) is 0 Å². The highest BCUT2D eigenvalue weighted by molar-refractivity contribution is 5.95. The molecule has 2 heterocycles. The number of cyclic esters (lactones) is 1. The fourth-order valence-electron chi connectivity index (χ4n) is 3.26. The van der Waals surface area contributed by atoms with E-state index in [-0.39, 0.29) is 28.8 Å². The number of aliphatic hydroxyl groups is 1. The molecule has 1 aliphatic heterocycles. The number of carbonyl (C=O) groups is 2. The van der Waals surface area contributed by atoms with Gasteiger partial charge in [0, 0.05) is 6.42 Å². The molecule has 0 amide bonds. The number of ether oxygens (including phenoxy) is 1. The first-order chi connectivity index (χ1) is 14.3. The molecule has 0 saturated carbocycles. The van der Waals surface area contributed by atoms with Crippen molar-refractivity contribution in [1.29, 1.82) is 0 Å². The average Bonchev–Trinajstić information content (AvgIpc) is 3.32. The Morgan fingerprint density at radius 1 is 1.27 bits per heavy atom. The molecule has 1 atom stereocenters. The summed E-state index contributed by atoms with van der Waals surface area (Å²) in [6.45, 7) is 9.82. The van der Waals surface area contributed by atoms with Gasteiger partial charge in [0.15, 0.2) is 17.3 Å². The molecular weight excluding hydrogens is 380 g/mol. The van der Waals surface area contributed by atoms with Gasteiger partial charge in [-0.2, -0.15) is 0 Å². The van der Waals surface area contributed by atoms with E-state index < -0.39 is 5.97 Å². The second-order valence-corrected chi connectivity index (χ2v) is 8.04. The van der Waals surface area contributed by atoms with E-state index in [1.165, 1.54) is 23.7 Å². The summed E-state index contributed by atoms with van der Waals surface area (Å²) in [5.74, 6) is 0.0500. The van der Waals surface area contributed by atoms with Crippen LogP contribution in [0.4, 0.5) is 0 Å². The lowest BCUT2D eigenvalue weighted by molar-refractivity contribution is -0.133. The van der Waals surface area contributed by atoms with Gasteiger partial charge in [0.1, 0.15) is 6.26 Å². The Labute approximate surface area is 178 Å². The first-order valence-electron chi connectivity index (χ1n) is 10.5. The van der Waals surface area contributed by atoms with Crippen LogP contribution in [0.25, 0.3) is 0 Å². The van der Waals surface area contributed by atoms with Crippen LogP contribution in [-0.2, 0) is 9.53 Å². The van der Waals surface area contributed by atoms with Crippen LogP contribution in [0.15, 0.2) is 70.0 Å². The standard InChI is InChI=1S/C25H32O5/c1-17(7-5-9-18(2)11-12-22(26)21-13-14-29-16-21)8-6-10-19(3)15-23-24(27)20(4)25(28)30-23/h9,13-16,19,27H,1,5-8,10-12H2,2-4H3. The molecule has 30 heavy (non-hydrogen) atoms. The molecular formula is C25H32O5. The van der Waals surface area contributed by atoms with Crippen molar-refractivity contribution in [3.8, 4) is 0 Å². The Bertz CT molecular complexity index is 852. The van der Waals surface area contributed by atoms with Crippen molar-refractivity contribution in [2.24, 2.45) is 5.92 Å². The molecule has 0 saturated heterocycles. The molecule has 0 aromatic carbocycles. The van der Waals surface area contributed by atoms with E-state index in [0.29, 0.717) is 12.0 Å². The van der Waals surface area contributed by atoms with E-state index in [1.54, 1.807) is 13.0 Å². The molecule has 5 nitrogen and oxygen atoms in total. The summed E-state index contributed by atoms with van der Waals surface area (Å²) in [4.78, 5) is 23.4. The fourth-order valence-corrected chi connectivity index (χ4v) is 3.26. The van der Waals surface area contributed by atoms with Gasteiger partial charge in [-0.15, -0.1) is 0 Å². The molecule has 1 aromatic rings. The second kappa shape index (κ2) is 11.4. The van der Waals surface area contributed by atoms with Crippen molar-refractivity contribution in [1.82, 2.24) is 0 Å². The van der Waals surface area contributed by atoms with E-state index in [0.717, 1.165) is 38.5 Å². The molecule has 0 fully saturated rings. The van der Waals surface area contributed by atoms with Crippen LogP contribution in [0.5, 0.6) is 0 Å². The topological polar surface area (TPSA) is 76.7 Å². The smallest absolute Gasteiger partial charge is 0.343 e. The Morgan fingerprint density at radius 2 is 2.03 bits per heavy atom. The van der Waals surface area contributed by atoms with Crippen molar-refractivity contribution in [3.63, 3.8) is 0 Å². The minimum absolute atomic E-state index is 0.0510. The molecule has 0 radical (unpaired) electrons. The summed E-state index contributed by atoms with van der Waals surface area (Å²) < 4.78 is 10.0. The zero-order chi connectivity index (χ0) is 22.1. The van der Waals surface area contributed by atoms with Crippen LogP contribution in [0, 0.1) is 5.92 Å². The van der Waals surface area contributed by atoms with Gasteiger partial charge < -0.3 is 14.3 Å². The van der Waals surface area contributed by atoms with E-state index in [2.05, 4.69) is 19.6 Å². The van der Waals surface area contributed by atoms with Gasteiger partial charge in [-0.05, 0) is 70.4 Å². The van der Waals surface area contributed by atoms with E-state index in [9.17, 15) is 14.7 Å². The van der Waals surface area contributed by atoms with Gasteiger partial charge >= 0.3 is 5.97 Å². The lowest BCUT2D eigenvalue weighted by Crippen LogP contribution is -1.98. The third-order valence-electron chi connectivity index (χ3n) is 5.30. The Balaban J connectivity index is 1.62. The molecule has 2 rings (SSSR count). The molecule has 1 aromatic heterocycles. The van der Waals surface area contributed by atoms with Crippen molar-refractivity contribution < 1.29 is 23.8 Å². The van der Waals surface area contributed by atoms with Gasteiger partial charge in [-0.1, -0.05) is 30.7 Å². The summed E-state index contributed by atoms with van der Waals surface area (Å²) in [6.07, 6.45) is 13.0. The summed E-state index contributed by atoms with van der Waals surface area (Å²) >= 11 is 0. The first kappa shape index (κ1) is 23.5. The number of furan rings is 1. The minimum Gasteiger partial charge on any atom is -0.504 e. The molecule has 0 bridgehead atoms. The number of carbonyl (C=O) groups excluding carboxylic acids is 2. The largest absolute Gasteiger partial charge is 0.504 e. The number of ketones is 1. The van der Waals surface area contributed by atoms with Crippen LogP contribution in [-0.4, -0.2) is 16.9 Å². The monoisotopic (exact) mass is 412 g/mol. The van der Waals surface area contributed by atoms with Gasteiger partial charge in [-0.25, -0.2) is 4.79 Å². The van der Waals surface area contributed by atoms with Crippen LogP contribution in [0.1, 0.15) is 76.1 Å². The number of aliphatic hydroxyl groups excluding tert-OH is 1. The Kier molecular flexibility index (Phi) is 8.90. The summed E-state index contributed by atoms with van der Waals surface area (Å²) in [5, 5.41) is 9.87. The van der Waals surface area contributed by atoms with E-state index in [4.69, 9.17) is 9.15 Å². The summed E-state index contributed by atoms with van der Waals surface area (Å²) in [7, 11) is 0. The normalized spacial score (nSPS) is 16.8. The van der Waals surface area contributed by atoms with Crippen molar-refractivity contribution in [2.45, 2.75) is 65.7 Å². The third kappa shape index (κ3) is 7.21. The predicted octanol–water partition coefficient (Wildman–Crippen LogP) is 6.60. The first-order valence-corrected chi connectivity index (χ1v) is 10.5. The maximum atomic E-state index is 12.0. The number of esters is 1. The van der Waals surface area contributed by atoms with Crippen molar-refractivity contribution in [2.75, 3.05) is 0 Å². The molecule has 1 unspecified atom stereocenters. The molecule has 0 aliphatic carbocycles. The molecule has 162 valence electrons. The minimum atomic E-state index is -0.478. The maximum absolute atomic E-state index is 12.0. The van der Waals surface area contributed by atoms with E-state index >= 15 is 0 Å². The third-order valence-corrected chi connectivity index (χ3v) is 5.30. The SMILES string of the molecule is C=C(CCC=C(C)CCC(=O)c1ccoc1)CCCC(C)C=C1OC(=O)C(C)=C1O. The predicted molar refractivity (Wildman–Crippen MR) is 117 cm³/mol. The van der Waals surface area contributed by atoms with Crippen molar-refractivity contribution in [3.05, 3.63) is 71.1 Å². The highest BCUT2D eigenvalue weighted by atomic mass is 16.6. The quantitative estimate of drug-likeness (QED) is 0.238. The van der Waals surface area contributed by atoms with Crippen LogP contribution < -0.4 is 0 Å². The number of allylic oxidation sites excluding steroid dienone is 4. The van der Waals surface area contributed by atoms with Crippen molar-refractivity contribution >= 4 is 11.8 Å². The Morgan fingerprint density at radius 3 is 2.67 bits per heavy atom. The zero-order valence-corrected chi connectivity index (χ0v) is 18.2. The lowest BCUT2D eigenvalue weighted by Gasteiger charge is -2.09. The Hall–Kier alpha value is -2.82. The maximum Gasteiger partial charge on any atom is 0.343 e. The zero-order valence-electron chi connectivity index (χ0n) is 18.2. The van der Waals surface area contributed by atoms with Gasteiger partial charge in [0.2, 0.25) is 0 Å². The molecule has 1 N–H and O–H groups in total. The fraction of sp³-hybridized carbons (Fsp3) is 0.440. The molecule has 1 aliphatic rings. The number of rotatable bonds is 12. The number of hydrogen-bond acceptors (Lipinski definition) is 5. The molecule has 0 spiro atoms. The van der Waals surface area contributed by atoms with Crippen LogP contribution in [0.3, 0.4) is 0 Å². The van der Waals surface area contributed by atoms with E-state index in [1.807, 2.05) is 13.0 Å². The second-order valence-electron chi connectivity index (χ2n) is 8.04. The number of Topliss-reactive ketones (excluding diaryl/α,β-unsaturated/α-hetero) is 1. The summed E-state index contributed by atoms with van der Waals surface area (Å²) in [6, 6.07) is 1.70.